The quantitative estimate of drug-likeness (QED) is 0.879. The molecule has 0 bridgehead atoms. The molecule has 20 heavy (non-hydrogen) atoms. The number of rotatable bonds is 5. The first-order chi connectivity index (χ1) is 9.47. The minimum atomic E-state index is -0.477. The van der Waals surface area contributed by atoms with E-state index in [9.17, 15) is 4.79 Å². The van der Waals surface area contributed by atoms with Crippen LogP contribution in [0.3, 0.4) is 0 Å². The number of primary amides is 1. The van der Waals surface area contributed by atoms with Gasteiger partial charge in [-0.3, -0.25) is 4.79 Å². The summed E-state index contributed by atoms with van der Waals surface area (Å²) in [4.78, 5) is 11.1. The fraction of sp³-hybridized carbons (Fsp3) is 0.286. The Hall–Kier alpha value is -1.66. The van der Waals surface area contributed by atoms with Gasteiger partial charge in [0, 0.05) is 23.3 Å². The van der Waals surface area contributed by atoms with Gasteiger partial charge in [-0.15, -0.1) is 0 Å². The Morgan fingerprint density at radius 1 is 1.50 bits per heavy atom. The topological polar surface area (TPSA) is 72.9 Å². The summed E-state index contributed by atoms with van der Waals surface area (Å²) in [6.45, 7) is 4.91. The number of nitrogens with one attached hydrogen (secondary N) is 1. The van der Waals surface area contributed by atoms with Crippen molar-refractivity contribution in [3.8, 4) is 5.69 Å². The molecule has 1 amide bonds. The van der Waals surface area contributed by atoms with Gasteiger partial charge in [-0.2, -0.15) is 5.10 Å². The summed E-state index contributed by atoms with van der Waals surface area (Å²) in [6, 6.07) is 6.33. The Bertz CT molecular complexity index is 621. The molecule has 0 saturated heterocycles. The number of benzene rings is 1. The van der Waals surface area contributed by atoms with E-state index in [4.69, 9.17) is 5.73 Å². The first-order valence-electron chi connectivity index (χ1n) is 6.34. The summed E-state index contributed by atoms with van der Waals surface area (Å²) in [5.41, 5.74) is 7.67. The fourth-order valence-electron chi connectivity index (χ4n) is 1.82. The Labute approximate surface area is 126 Å². The van der Waals surface area contributed by atoms with Gasteiger partial charge in [0.15, 0.2) is 0 Å². The van der Waals surface area contributed by atoms with E-state index in [2.05, 4.69) is 40.2 Å². The molecule has 0 saturated carbocycles. The molecule has 0 unspecified atom stereocenters. The Morgan fingerprint density at radius 3 is 2.85 bits per heavy atom. The molecule has 0 aliphatic carbocycles. The predicted octanol–water partition coefficient (Wildman–Crippen LogP) is 2.23. The third-order valence-electron chi connectivity index (χ3n) is 2.86. The third-order valence-corrected chi connectivity index (χ3v) is 3.35. The fourth-order valence-corrected chi connectivity index (χ4v) is 2.22. The van der Waals surface area contributed by atoms with Crippen molar-refractivity contribution < 1.29 is 4.79 Å². The second kappa shape index (κ2) is 6.19. The maximum absolute atomic E-state index is 11.1. The van der Waals surface area contributed by atoms with Crippen molar-refractivity contribution in [3.63, 3.8) is 0 Å². The van der Waals surface area contributed by atoms with Crippen molar-refractivity contribution in [1.29, 1.82) is 0 Å². The number of nitrogens with zero attached hydrogens (tertiary/aromatic N) is 2. The lowest BCUT2D eigenvalue weighted by Gasteiger charge is -2.13. The molecular weight excluding hydrogens is 320 g/mol. The zero-order chi connectivity index (χ0) is 14.7. The van der Waals surface area contributed by atoms with Crippen molar-refractivity contribution in [3.05, 3.63) is 46.2 Å². The van der Waals surface area contributed by atoms with Crippen LogP contribution >= 0.6 is 15.9 Å². The summed E-state index contributed by atoms with van der Waals surface area (Å²) < 4.78 is 2.67. The number of halogens is 1. The van der Waals surface area contributed by atoms with Gasteiger partial charge < -0.3 is 11.1 Å². The Balaban J connectivity index is 2.36. The second-order valence-electron chi connectivity index (χ2n) is 4.85. The molecule has 3 N–H and O–H groups in total. The smallest absolute Gasteiger partial charge is 0.251 e. The van der Waals surface area contributed by atoms with Crippen LogP contribution in [0.5, 0.6) is 0 Å². The molecule has 0 radical (unpaired) electrons. The highest BCUT2D eigenvalue weighted by Crippen LogP contribution is 2.20. The Morgan fingerprint density at radius 2 is 2.25 bits per heavy atom. The SMILES string of the molecule is CC(C)NCc1cc(Br)ccc1-n1cc(C(N)=O)cn1. The standard InChI is InChI=1S/C14H17BrN4O/c1-9(2)17-6-10-5-12(15)3-4-13(10)19-8-11(7-18-19)14(16)20/h3-5,7-9,17H,6H2,1-2H3,(H2,16,20). The Kier molecular flexibility index (Phi) is 4.57. The molecule has 0 aliphatic rings. The molecular formula is C14H17BrN4O. The van der Waals surface area contributed by atoms with E-state index in [1.165, 1.54) is 6.20 Å². The van der Waals surface area contributed by atoms with Gasteiger partial charge >= 0.3 is 0 Å². The lowest BCUT2D eigenvalue weighted by Crippen LogP contribution is -2.22. The zero-order valence-electron chi connectivity index (χ0n) is 11.4. The summed E-state index contributed by atoms with van der Waals surface area (Å²) in [5, 5.41) is 7.57. The summed E-state index contributed by atoms with van der Waals surface area (Å²) >= 11 is 3.47. The lowest BCUT2D eigenvalue weighted by molar-refractivity contribution is 0.100. The molecule has 1 aromatic carbocycles. The molecule has 0 aliphatic heterocycles. The number of amides is 1. The van der Waals surface area contributed by atoms with Crippen molar-refractivity contribution in [2.45, 2.75) is 26.4 Å². The molecule has 0 spiro atoms. The van der Waals surface area contributed by atoms with Gasteiger partial charge in [-0.25, -0.2) is 4.68 Å². The maximum Gasteiger partial charge on any atom is 0.251 e. The highest BCUT2D eigenvalue weighted by molar-refractivity contribution is 9.10. The summed E-state index contributed by atoms with van der Waals surface area (Å²) in [5.74, 6) is -0.477. The van der Waals surface area contributed by atoms with Gasteiger partial charge in [0.05, 0.1) is 17.4 Å². The highest BCUT2D eigenvalue weighted by Gasteiger charge is 2.10. The average Bonchev–Trinajstić information content (AvgIpc) is 2.86. The second-order valence-corrected chi connectivity index (χ2v) is 5.76. The number of hydrogen-bond acceptors (Lipinski definition) is 3. The molecule has 5 nitrogen and oxygen atoms in total. The molecule has 1 heterocycles. The van der Waals surface area contributed by atoms with Crippen LogP contribution in [-0.4, -0.2) is 21.7 Å². The van der Waals surface area contributed by atoms with E-state index in [0.29, 0.717) is 11.6 Å². The van der Waals surface area contributed by atoms with E-state index < -0.39 is 5.91 Å². The van der Waals surface area contributed by atoms with Crippen LogP contribution in [0.1, 0.15) is 29.8 Å². The minimum absolute atomic E-state index is 0.389. The van der Waals surface area contributed by atoms with Gasteiger partial charge in [-0.1, -0.05) is 29.8 Å². The number of hydrogen-bond donors (Lipinski definition) is 2. The third kappa shape index (κ3) is 3.46. The van der Waals surface area contributed by atoms with Crippen LogP contribution in [0.15, 0.2) is 35.1 Å². The molecule has 0 fully saturated rings. The van der Waals surface area contributed by atoms with Crippen LogP contribution in [0.25, 0.3) is 5.69 Å². The van der Waals surface area contributed by atoms with Crippen molar-refractivity contribution in [2.24, 2.45) is 5.73 Å². The molecule has 2 aromatic rings. The molecule has 6 heteroatoms. The monoisotopic (exact) mass is 336 g/mol. The van der Waals surface area contributed by atoms with Crippen molar-refractivity contribution in [1.82, 2.24) is 15.1 Å². The summed E-state index contributed by atoms with van der Waals surface area (Å²) in [6.07, 6.45) is 3.12. The molecule has 0 atom stereocenters. The van der Waals surface area contributed by atoms with Crippen molar-refractivity contribution in [2.75, 3.05) is 0 Å². The van der Waals surface area contributed by atoms with Gasteiger partial charge in [0.25, 0.3) is 5.91 Å². The largest absolute Gasteiger partial charge is 0.366 e. The first-order valence-corrected chi connectivity index (χ1v) is 7.13. The molecule has 2 rings (SSSR count). The first kappa shape index (κ1) is 14.7. The van der Waals surface area contributed by atoms with Gasteiger partial charge in [0.2, 0.25) is 0 Å². The number of carbonyl (C=O) groups excluding carboxylic acids is 1. The van der Waals surface area contributed by atoms with E-state index in [1.54, 1.807) is 10.9 Å². The van der Waals surface area contributed by atoms with E-state index >= 15 is 0 Å². The van der Waals surface area contributed by atoms with E-state index in [-0.39, 0.29) is 0 Å². The van der Waals surface area contributed by atoms with Gasteiger partial charge in [0.1, 0.15) is 0 Å². The molecule has 106 valence electrons. The summed E-state index contributed by atoms with van der Waals surface area (Å²) in [7, 11) is 0. The van der Waals surface area contributed by atoms with Crippen LogP contribution in [-0.2, 0) is 6.54 Å². The molecule has 1 aromatic heterocycles. The lowest BCUT2D eigenvalue weighted by atomic mass is 10.1. The van der Waals surface area contributed by atoms with Crippen LogP contribution in [0.2, 0.25) is 0 Å². The zero-order valence-corrected chi connectivity index (χ0v) is 13.0. The minimum Gasteiger partial charge on any atom is -0.366 e. The predicted molar refractivity (Wildman–Crippen MR) is 81.8 cm³/mol. The van der Waals surface area contributed by atoms with Crippen LogP contribution in [0, 0.1) is 0 Å². The van der Waals surface area contributed by atoms with Crippen LogP contribution in [0.4, 0.5) is 0 Å². The average molecular weight is 337 g/mol. The maximum atomic E-state index is 11.1. The number of carbonyl (C=O) groups is 1. The van der Waals surface area contributed by atoms with E-state index in [1.807, 2.05) is 18.2 Å². The number of aromatic nitrogens is 2. The van der Waals surface area contributed by atoms with Crippen LogP contribution < -0.4 is 11.1 Å². The number of nitrogens with two attached hydrogens (primary N) is 1. The highest BCUT2D eigenvalue weighted by atomic mass is 79.9. The van der Waals surface area contributed by atoms with Gasteiger partial charge in [-0.05, 0) is 23.8 Å². The van der Waals surface area contributed by atoms with Crippen molar-refractivity contribution >= 4 is 21.8 Å². The normalized spacial score (nSPS) is 11.0. The van der Waals surface area contributed by atoms with E-state index in [0.717, 1.165) is 22.3 Å².